The van der Waals surface area contributed by atoms with Crippen molar-refractivity contribution in [1.29, 1.82) is 0 Å². The summed E-state index contributed by atoms with van der Waals surface area (Å²) in [5, 5.41) is 2.84. The quantitative estimate of drug-likeness (QED) is 0.733. The molecular formula is C24H28N2O4. The van der Waals surface area contributed by atoms with E-state index in [1.54, 1.807) is 24.2 Å². The molecule has 1 fully saturated rings. The van der Waals surface area contributed by atoms with Gasteiger partial charge in [0.15, 0.2) is 0 Å². The van der Waals surface area contributed by atoms with E-state index in [0.717, 1.165) is 11.1 Å². The Kier molecular flexibility index (Phi) is 7.12. The van der Waals surface area contributed by atoms with Crippen molar-refractivity contribution in [3.05, 3.63) is 77.9 Å². The van der Waals surface area contributed by atoms with Gasteiger partial charge in [-0.1, -0.05) is 54.6 Å². The highest BCUT2D eigenvalue weighted by atomic mass is 16.6. The zero-order valence-corrected chi connectivity index (χ0v) is 17.5. The van der Waals surface area contributed by atoms with Crippen molar-refractivity contribution in [2.75, 3.05) is 20.2 Å². The first-order valence-electron chi connectivity index (χ1n) is 10.1. The van der Waals surface area contributed by atoms with Crippen LogP contribution in [0.3, 0.4) is 0 Å². The van der Waals surface area contributed by atoms with Gasteiger partial charge < -0.3 is 19.7 Å². The maximum absolute atomic E-state index is 12.7. The average Bonchev–Trinajstić information content (AvgIpc) is 2.79. The summed E-state index contributed by atoms with van der Waals surface area (Å²) in [4.78, 5) is 26.7. The fourth-order valence-electron chi connectivity index (χ4n) is 3.76. The van der Waals surface area contributed by atoms with Gasteiger partial charge in [0.1, 0.15) is 11.4 Å². The highest BCUT2D eigenvalue weighted by molar-refractivity contribution is 5.87. The SMILES string of the molecule is CC=CC(=O)N1CCC(OC(=O)NCc2ccccc2OC)(c2ccccc2)CC1. The summed E-state index contributed by atoms with van der Waals surface area (Å²) in [5.41, 5.74) is 1.05. The van der Waals surface area contributed by atoms with E-state index in [2.05, 4.69) is 5.32 Å². The summed E-state index contributed by atoms with van der Waals surface area (Å²) < 4.78 is 11.3. The molecule has 0 spiro atoms. The third-order valence-electron chi connectivity index (χ3n) is 5.40. The molecule has 2 aromatic rings. The lowest BCUT2D eigenvalue weighted by Gasteiger charge is -2.41. The summed E-state index contributed by atoms with van der Waals surface area (Å²) in [6, 6.07) is 17.3. The van der Waals surface area contributed by atoms with Crippen molar-refractivity contribution in [2.45, 2.75) is 31.9 Å². The van der Waals surface area contributed by atoms with Gasteiger partial charge in [-0.05, 0) is 24.6 Å². The predicted molar refractivity (Wildman–Crippen MR) is 115 cm³/mol. The van der Waals surface area contributed by atoms with Crippen molar-refractivity contribution in [2.24, 2.45) is 0 Å². The lowest BCUT2D eigenvalue weighted by Crippen LogP contribution is -2.48. The van der Waals surface area contributed by atoms with Crippen LogP contribution in [0.5, 0.6) is 5.75 Å². The Morgan fingerprint density at radius 1 is 1.07 bits per heavy atom. The molecule has 0 atom stereocenters. The van der Waals surface area contributed by atoms with Crippen molar-refractivity contribution in [1.82, 2.24) is 10.2 Å². The first kappa shape index (κ1) is 21.4. The van der Waals surface area contributed by atoms with E-state index >= 15 is 0 Å². The summed E-state index contributed by atoms with van der Waals surface area (Å²) in [7, 11) is 1.60. The first-order chi connectivity index (χ1) is 14.6. The number of rotatable bonds is 6. The van der Waals surface area contributed by atoms with E-state index in [0.29, 0.717) is 38.2 Å². The maximum atomic E-state index is 12.7. The van der Waals surface area contributed by atoms with Gasteiger partial charge in [0.25, 0.3) is 0 Å². The van der Waals surface area contributed by atoms with Crippen LogP contribution in [0, 0.1) is 0 Å². The topological polar surface area (TPSA) is 67.9 Å². The van der Waals surface area contributed by atoms with Crippen molar-refractivity contribution < 1.29 is 19.1 Å². The molecular weight excluding hydrogens is 380 g/mol. The second kappa shape index (κ2) is 9.96. The molecule has 6 heteroatoms. The highest BCUT2D eigenvalue weighted by Gasteiger charge is 2.40. The second-order valence-electron chi connectivity index (χ2n) is 7.24. The Labute approximate surface area is 177 Å². The van der Waals surface area contributed by atoms with Crippen LogP contribution in [-0.2, 0) is 21.7 Å². The van der Waals surface area contributed by atoms with Crippen LogP contribution in [0.4, 0.5) is 4.79 Å². The normalized spacial score (nSPS) is 15.6. The number of nitrogens with one attached hydrogen (secondary N) is 1. The maximum Gasteiger partial charge on any atom is 0.408 e. The molecule has 0 aliphatic carbocycles. The largest absolute Gasteiger partial charge is 0.496 e. The van der Waals surface area contributed by atoms with Gasteiger partial charge in [0.2, 0.25) is 5.91 Å². The van der Waals surface area contributed by atoms with Gasteiger partial charge in [-0.3, -0.25) is 4.79 Å². The monoisotopic (exact) mass is 408 g/mol. The van der Waals surface area contributed by atoms with Gasteiger partial charge in [-0.25, -0.2) is 4.79 Å². The Morgan fingerprint density at radius 2 is 1.73 bits per heavy atom. The van der Waals surface area contributed by atoms with E-state index in [-0.39, 0.29) is 5.91 Å². The number of piperidine rings is 1. The zero-order chi connectivity index (χ0) is 21.4. The molecule has 1 saturated heterocycles. The van der Waals surface area contributed by atoms with Crippen LogP contribution in [-0.4, -0.2) is 37.1 Å². The van der Waals surface area contributed by atoms with E-state index in [1.165, 1.54) is 0 Å². The number of alkyl carbamates (subject to hydrolysis) is 1. The zero-order valence-electron chi connectivity index (χ0n) is 17.5. The van der Waals surface area contributed by atoms with E-state index in [9.17, 15) is 9.59 Å². The molecule has 0 saturated carbocycles. The lowest BCUT2D eigenvalue weighted by molar-refractivity contribution is -0.130. The van der Waals surface area contributed by atoms with Crippen molar-refractivity contribution in [3.8, 4) is 5.75 Å². The van der Waals surface area contributed by atoms with E-state index < -0.39 is 11.7 Å². The number of carbonyl (C=O) groups excluding carboxylic acids is 2. The van der Waals surface area contributed by atoms with Gasteiger partial charge in [0, 0.05) is 38.0 Å². The number of hydrogen-bond acceptors (Lipinski definition) is 4. The number of carbonyl (C=O) groups is 2. The summed E-state index contributed by atoms with van der Waals surface area (Å²) in [5.74, 6) is 0.700. The number of hydrogen-bond donors (Lipinski definition) is 1. The van der Waals surface area contributed by atoms with Crippen LogP contribution in [0.1, 0.15) is 30.9 Å². The van der Waals surface area contributed by atoms with Crippen molar-refractivity contribution in [3.63, 3.8) is 0 Å². The molecule has 2 aromatic carbocycles. The van der Waals surface area contributed by atoms with Gasteiger partial charge in [-0.15, -0.1) is 0 Å². The van der Waals surface area contributed by atoms with Crippen LogP contribution in [0.15, 0.2) is 66.7 Å². The lowest BCUT2D eigenvalue weighted by atomic mass is 9.84. The number of methoxy groups -OCH3 is 1. The second-order valence-corrected chi connectivity index (χ2v) is 7.24. The molecule has 0 unspecified atom stereocenters. The molecule has 30 heavy (non-hydrogen) atoms. The van der Waals surface area contributed by atoms with Gasteiger partial charge >= 0.3 is 6.09 Å². The number of ether oxygens (including phenoxy) is 2. The number of nitrogens with zero attached hydrogens (tertiary/aromatic N) is 1. The molecule has 2 amide bonds. The molecule has 3 rings (SSSR count). The minimum Gasteiger partial charge on any atom is -0.496 e. The summed E-state index contributed by atoms with van der Waals surface area (Å²) in [6.45, 7) is 3.18. The van der Waals surface area contributed by atoms with Gasteiger partial charge in [-0.2, -0.15) is 0 Å². The van der Waals surface area contributed by atoms with Crippen molar-refractivity contribution >= 4 is 12.0 Å². The third kappa shape index (κ3) is 5.00. The van der Waals surface area contributed by atoms with E-state index in [1.807, 2.05) is 61.5 Å². The smallest absolute Gasteiger partial charge is 0.408 e. The number of likely N-dealkylation sites (tertiary alicyclic amines) is 1. The van der Waals surface area contributed by atoms with Crippen LogP contribution in [0.2, 0.25) is 0 Å². The summed E-state index contributed by atoms with van der Waals surface area (Å²) >= 11 is 0. The minimum absolute atomic E-state index is 0.0141. The highest BCUT2D eigenvalue weighted by Crippen LogP contribution is 2.37. The predicted octanol–water partition coefficient (Wildman–Crippen LogP) is 4.02. The Balaban J connectivity index is 1.71. The van der Waals surface area contributed by atoms with Crippen LogP contribution in [0.25, 0.3) is 0 Å². The Bertz CT molecular complexity index is 887. The summed E-state index contributed by atoms with van der Waals surface area (Å²) in [6.07, 6.45) is 3.91. The fourth-order valence-corrected chi connectivity index (χ4v) is 3.76. The molecule has 0 bridgehead atoms. The molecule has 6 nitrogen and oxygen atoms in total. The van der Waals surface area contributed by atoms with Gasteiger partial charge in [0.05, 0.1) is 7.11 Å². The Hall–Kier alpha value is -3.28. The average molecular weight is 408 g/mol. The number of allylic oxidation sites excluding steroid dienone is 1. The Morgan fingerprint density at radius 3 is 2.40 bits per heavy atom. The molecule has 0 radical (unpaired) electrons. The first-order valence-corrected chi connectivity index (χ1v) is 10.1. The van der Waals surface area contributed by atoms with Crippen LogP contribution >= 0.6 is 0 Å². The fraction of sp³-hybridized carbons (Fsp3) is 0.333. The van der Waals surface area contributed by atoms with E-state index in [4.69, 9.17) is 9.47 Å². The molecule has 158 valence electrons. The third-order valence-corrected chi connectivity index (χ3v) is 5.40. The number of benzene rings is 2. The standard InChI is InChI=1S/C24H28N2O4/c1-3-9-22(27)26-16-14-24(15-17-26,20-11-5-4-6-12-20)30-23(28)25-18-19-10-7-8-13-21(19)29-2/h3-13H,14-18H2,1-2H3,(H,25,28). The van der Waals surface area contributed by atoms with Crippen LogP contribution < -0.4 is 10.1 Å². The molecule has 1 heterocycles. The number of para-hydroxylation sites is 1. The molecule has 1 N–H and O–H groups in total. The molecule has 1 aliphatic rings. The number of amides is 2. The molecule has 0 aromatic heterocycles. The minimum atomic E-state index is -0.765. The molecule has 1 aliphatic heterocycles.